The van der Waals surface area contributed by atoms with E-state index >= 15 is 0 Å². The lowest BCUT2D eigenvalue weighted by molar-refractivity contribution is 0.711. The van der Waals surface area contributed by atoms with E-state index < -0.39 is 0 Å². The van der Waals surface area contributed by atoms with Gasteiger partial charge < -0.3 is 5.32 Å². The number of aryl methyl sites for hydroxylation is 1. The molecule has 2 aromatic heterocycles. The van der Waals surface area contributed by atoms with E-state index in [4.69, 9.17) is 11.6 Å². The van der Waals surface area contributed by atoms with Gasteiger partial charge in [0.25, 0.3) is 0 Å². The van der Waals surface area contributed by atoms with Crippen molar-refractivity contribution in [2.24, 2.45) is 7.05 Å². The number of hydrogen-bond donors (Lipinski definition) is 1. The van der Waals surface area contributed by atoms with Crippen LogP contribution in [0.4, 0.5) is 5.82 Å². The fourth-order valence-electron chi connectivity index (χ4n) is 1.13. The molecule has 0 radical (unpaired) electrons. The summed E-state index contributed by atoms with van der Waals surface area (Å²) in [7, 11) is 1.85. The van der Waals surface area contributed by atoms with Crippen LogP contribution in [0.25, 0.3) is 0 Å². The molecule has 0 unspecified atom stereocenters. The van der Waals surface area contributed by atoms with Gasteiger partial charge >= 0.3 is 0 Å². The zero-order valence-electron chi connectivity index (χ0n) is 8.18. The average Bonchev–Trinajstić information content (AvgIpc) is 2.63. The van der Waals surface area contributed by atoms with Gasteiger partial charge in [-0.3, -0.25) is 4.68 Å². The average molecular weight is 224 g/mol. The zero-order valence-corrected chi connectivity index (χ0v) is 8.94. The first-order valence-electron chi connectivity index (χ1n) is 4.44. The molecular weight excluding hydrogens is 214 g/mol. The molecule has 0 saturated carbocycles. The number of aromatic nitrogens is 4. The molecule has 2 aromatic rings. The van der Waals surface area contributed by atoms with Crippen LogP contribution in [0.15, 0.2) is 24.7 Å². The molecule has 15 heavy (non-hydrogen) atoms. The Labute approximate surface area is 92.1 Å². The van der Waals surface area contributed by atoms with Crippen molar-refractivity contribution in [3.63, 3.8) is 0 Å². The fourth-order valence-corrected chi connectivity index (χ4v) is 1.24. The summed E-state index contributed by atoms with van der Waals surface area (Å²) in [5.74, 6) is 1.62. The van der Waals surface area contributed by atoms with E-state index in [1.165, 1.54) is 6.33 Å². The summed E-state index contributed by atoms with van der Waals surface area (Å²) in [5.41, 5.74) is 0. The molecule has 0 atom stereocenters. The van der Waals surface area contributed by atoms with Gasteiger partial charge in [-0.05, 0) is 12.1 Å². The Morgan fingerprint density at radius 2 is 2.27 bits per heavy atom. The van der Waals surface area contributed by atoms with Gasteiger partial charge in [0, 0.05) is 13.2 Å². The molecule has 6 heteroatoms. The van der Waals surface area contributed by atoms with Crippen molar-refractivity contribution in [2.45, 2.75) is 6.54 Å². The molecule has 0 aliphatic carbocycles. The van der Waals surface area contributed by atoms with Gasteiger partial charge in [0.2, 0.25) is 0 Å². The van der Waals surface area contributed by atoms with E-state index in [1.54, 1.807) is 16.9 Å². The van der Waals surface area contributed by atoms with E-state index in [2.05, 4.69) is 20.4 Å². The van der Waals surface area contributed by atoms with Crippen LogP contribution in [0.2, 0.25) is 5.02 Å². The Morgan fingerprint density at radius 1 is 1.40 bits per heavy atom. The number of rotatable bonds is 3. The highest BCUT2D eigenvalue weighted by molar-refractivity contribution is 6.30. The minimum atomic E-state index is 0.588. The number of halogens is 1. The summed E-state index contributed by atoms with van der Waals surface area (Å²) in [5, 5.41) is 7.71. The summed E-state index contributed by atoms with van der Waals surface area (Å²) < 4.78 is 1.71. The van der Waals surface area contributed by atoms with Gasteiger partial charge in [-0.25, -0.2) is 9.97 Å². The Balaban J connectivity index is 1.99. The molecule has 1 N–H and O–H groups in total. The normalized spacial score (nSPS) is 10.3. The SMILES string of the molecule is Cn1ncnc1CNc1ccc(Cl)cn1. The third-order valence-electron chi connectivity index (χ3n) is 1.96. The summed E-state index contributed by atoms with van der Waals surface area (Å²) in [6.07, 6.45) is 3.12. The Morgan fingerprint density at radius 3 is 2.87 bits per heavy atom. The molecule has 5 nitrogen and oxygen atoms in total. The van der Waals surface area contributed by atoms with Crippen molar-refractivity contribution < 1.29 is 0 Å². The largest absolute Gasteiger partial charge is 0.363 e. The first-order valence-corrected chi connectivity index (χ1v) is 4.82. The maximum Gasteiger partial charge on any atom is 0.145 e. The smallest absolute Gasteiger partial charge is 0.145 e. The molecule has 2 rings (SSSR count). The Kier molecular flexibility index (Phi) is 2.82. The van der Waals surface area contributed by atoms with E-state index in [1.807, 2.05) is 13.1 Å². The zero-order chi connectivity index (χ0) is 10.7. The van der Waals surface area contributed by atoms with Crippen LogP contribution in [-0.2, 0) is 13.6 Å². The summed E-state index contributed by atoms with van der Waals surface area (Å²) >= 11 is 5.72. The van der Waals surface area contributed by atoms with Crippen molar-refractivity contribution in [1.82, 2.24) is 19.7 Å². The third kappa shape index (κ3) is 2.44. The minimum absolute atomic E-state index is 0.588. The van der Waals surface area contributed by atoms with Gasteiger partial charge in [0.1, 0.15) is 18.0 Å². The van der Waals surface area contributed by atoms with E-state index in [9.17, 15) is 0 Å². The molecule has 0 bridgehead atoms. The number of nitrogens with zero attached hydrogens (tertiary/aromatic N) is 4. The lowest BCUT2D eigenvalue weighted by Crippen LogP contribution is -2.07. The molecule has 0 amide bonds. The molecule has 0 aliphatic rings. The van der Waals surface area contributed by atoms with Crippen molar-refractivity contribution in [1.29, 1.82) is 0 Å². The molecule has 78 valence electrons. The highest BCUT2D eigenvalue weighted by Gasteiger charge is 2.00. The fraction of sp³-hybridized carbons (Fsp3) is 0.222. The highest BCUT2D eigenvalue weighted by atomic mass is 35.5. The van der Waals surface area contributed by atoms with Gasteiger partial charge in [-0.15, -0.1) is 0 Å². The number of anilines is 1. The molecule has 0 spiro atoms. The van der Waals surface area contributed by atoms with Crippen molar-refractivity contribution in [3.05, 3.63) is 35.5 Å². The molecule has 0 saturated heterocycles. The number of hydrogen-bond acceptors (Lipinski definition) is 4. The van der Waals surface area contributed by atoms with Crippen LogP contribution < -0.4 is 5.32 Å². The Hall–Kier alpha value is -1.62. The van der Waals surface area contributed by atoms with E-state index in [-0.39, 0.29) is 0 Å². The number of nitrogens with one attached hydrogen (secondary N) is 1. The summed E-state index contributed by atoms with van der Waals surface area (Å²) in [6.45, 7) is 0.588. The quantitative estimate of drug-likeness (QED) is 0.856. The van der Waals surface area contributed by atoms with Crippen LogP contribution in [0, 0.1) is 0 Å². The van der Waals surface area contributed by atoms with Crippen LogP contribution in [0.3, 0.4) is 0 Å². The second kappa shape index (κ2) is 4.27. The van der Waals surface area contributed by atoms with Crippen LogP contribution in [0.1, 0.15) is 5.82 Å². The maximum absolute atomic E-state index is 5.72. The van der Waals surface area contributed by atoms with E-state index in [0.717, 1.165) is 11.6 Å². The van der Waals surface area contributed by atoms with Crippen LogP contribution >= 0.6 is 11.6 Å². The predicted molar refractivity (Wildman–Crippen MR) is 57.6 cm³/mol. The van der Waals surface area contributed by atoms with Crippen molar-refractivity contribution in [2.75, 3.05) is 5.32 Å². The lowest BCUT2D eigenvalue weighted by atomic mass is 10.4. The maximum atomic E-state index is 5.72. The number of pyridine rings is 1. The predicted octanol–water partition coefficient (Wildman–Crippen LogP) is 1.48. The highest BCUT2D eigenvalue weighted by Crippen LogP contribution is 2.09. The first-order chi connectivity index (χ1) is 7.25. The Bertz CT molecular complexity index is 436. The van der Waals surface area contributed by atoms with Crippen LogP contribution in [0.5, 0.6) is 0 Å². The van der Waals surface area contributed by atoms with Gasteiger partial charge in [0.05, 0.1) is 11.6 Å². The summed E-state index contributed by atoms with van der Waals surface area (Å²) in [6, 6.07) is 3.60. The van der Waals surface area contributed by atoms with Gasteiger partial charge in [-0.1, -0.05) is 11.6 Å². The third-order valence-corrected chi connectivity index (χ3v) is 2.18. The van der Waals surface area contributed by atoms with Gasteiger partial charge in [0.15, 0.2) is 0 Å². The lowest BCUT2D eigenvalue weighted by Gasteiger charge is -2.04. The molecular formula is C9H10ClN5. The molecule has 2 heterocycles. The summed E-state index contributed by atoms with van der Waals surface area (Å²) in [4.78, 5) is 8.19. The van der Waals surface area contributed by atoms with Crippen LogP contribution in [-0.4, -0.2) is 19.7 Å². The molecule has 0 fully saturated rings. The topological polar surface area (TPSA) is 55.6 Å². The van der Waals surface area contributed by atoms with Crippen molar-refractivity contribution >= 4 is 17.4 Å². The minimum Gasteiger partial charge on any atom is -0.363 e. The van der Waals surface area contributed by atoms with Gasteiger partial charge in [-0.2, -0.15) is 5.10 Å². The van der Waals surface area contributed by atoms with Crippen molar-refractivity contribution in [3.8, 4) is 0 Å². The molecule has 0 aromatic carbocycles. The monoisotopic (exact) mass is 223 g/mol. The second-order valence-corrected chi connectivity index (χ2v) is 3.45. The first kappa shape index (κ1) is 9.92. The van der Waals surface area contributed by atoms with E-state index in [0.29, 0.717) is 11.6 Å². The molecule has 0 aliphatic heterocycles. The second-order valence-electron chi connectivity index (χ2n) is 3.02. The standard InChI is InChI=1S/C9H10ClN5/c1-15-9(13-6-14-15)5-12-8-3-2-7(10)4-11-8/h2-4,6H,5H2,1H3,(H,11,12).